The molecular formula is C16H14N2O5. The number of allylic oxidation sites excluding steroid dienone is 1. The summed E-state index contributed by atoms with van der Waals surface area (Å²) in [5.74, 6) is 0.283. The van der Waals surface area contributed by atoms with Gasteiger partial charge in [0.2, 0.25) is 0 Å². The highest BCUT2D eigenvalue weighted by molar-refractivity contribution is 6.12. The second-order valence-corrected chi connectivity index (χ2v) is 4.52. The normalized spacial score (nSPS) is 11.6. The number of phenolic OH excluding ortho intramolecular Hbond substituents is 1. The molecular weight excluding hydrogens is 300 g/mol. The fraction of sp³-hybridized carbons (Fsp3) is 0.0625. The van der Waals surface area contributed by atoms with Gasteiger partial charge >= 0.3 is 0 Å². The van der Waals surface area contributed by atoms with Gasteiger partial charge in [-0.15, -0.1) is 0 Å². The molecule has 7 nitrogen and oxygen atoms in total. The predicted octanol–water partition coefficient (Wildman–Crippen LogP) is 3.20. The van der Waals surface area contributed by atoms with Gasteiger partial charge in [0.25, 0.3) is 5.69 Å². The average molecular weight is 314 g/mol. The molecule has 2 aromatic carbocycles. The summed E-state index contributed by atoms with van der Waals surface area (Å²) in [5.41, 5.74) is 0.973. The highest BCUT2D eigenvalue weighted by Gasteiger charge is 2.11. The maximum Gasteiger partial charge on any atom is 0.273 e. The zero-order valence-electron chi connectivity index (χ0n) is 12.2. The zero-order valence-corrected chi connectivity index (χ0v) is 12.2. The largest absolute Gasteiger partial charge is 0.507 e. The first-order valence-electron chi connectivity index (χ1n) is 6.57. The lowest BCUT2D eigenvalue weighted by Crippen LogP contribution is -1.97. The summed E-state index contributed by atoms with van der Waals surface area (Å²) >= 11 is 0. The van der Waals surface area contributed by atoms with Crippen molar-refractivity contribution >= 4 is 17.5 Å². The number of oxime groups is 1. The summed E-state index contributed by atoms with van der Waals surface area (Å²) in [4.78, 5) is 10.3. The van der Waals surface area contributed by atoms with E-state index in [0.717, 1.165) is 0 Å². The molecule has 0 radical (unpaired) electrons. The van der Waals surface area contributed by atoms with Gasteiger partial charge in [-0.2, -0.15) is 0 Å². The van der Waals surface area contributed by atoms with E-state index in [-0.39, 0.29) is 17.1 Å². The maximum absolute atomic E-state index is 10.8. The molecule has 2 N–H and O–H groups in total. The molecule has 2 rings (SSSR count). The van der Waals surface area contributed by atoms with Crippen LogP contribution in [0.1, 0.15) is 11.1 Å². The van der Waals surface area contributed by atoms with E-state index in [1.54, 1.807) is 24.3 Å². The van der Waals surface area contributed by atoms with Crippen molar-refractivity contribution < 1.29 is 20.0 Å². The van der Waals surface area contributed by atoms with E-state index in [2.05, 4.69) is 5.16 Å². The summed E-state index contributed by atoms with van der Waals surface area (Å²) in [6, 6.07) is 10.6. The quantitative estimate of drug-likeness (QED) is 0.381. The molecule has 0 aromatic heterocycles. The summed E-state index contributed by atoms with van der Waals surface area (Å²) in [7, 11) is 1.40. The van der Waals surface area contributed by atoms with E-state index in [1.165, 1.54) is 37.5 Å². The van der Waals surface area contributed by atoms with E-state index in [9.17, 15) is 15.2 Å². The number of para-hydroxylation sites is 1. The van der Waals surface area contributed by atoms with Crippen LogP contribution in [-0.2, 0) is 0 Å². The van der Waals surface area contributed by atoms with Gasteiger partial charge in [-0.25, -0.2) is 0 Å². The minimum atomic E-state index is -0.515. The summed E-state index contributed by atoms with van der Waals surface area (Å²) < 4.78 is 5.12. The Labute approximate surface area is 131 Å². The fourth-order valence-electron chi connectivity index (χ4n) is 1.99. The van der Waals surface area contributed by atoms with E-state index in [0.29, 0.717) is 16.9 Å². The van der Waals surface area contributed by atoms with E-state index >= 15 is 0 Å². The summed E-state index contributed by atoms with van der Waals surface area (Å²) in [6.45, 7) is 0. The number of nitrogens with zero attached hydrogens (tertiary/aromatic N) is 2. The summed E-state index contributed by atoms with van der Waals surface area (Å²) in [6.07, 6.45) is 3.04. The Morgan fingerprint density at radius 2 is 2.04 bits per heavy atom. The highest BCUT2D eigenvalue weighted by atomic mass is 16.6. The van der Waals surface area contributed by atoms with Crippen LogP contribution in [0.4, 0.5) is 5.69 Å². The molecule has 0 unspecified atom stereocenters. The number of phenols is 1. The number of hydrogen-bond acceptors (Lipinski definition) is 6. The van der Waals surface area contributed by atoms with Crippen molar-refractivity contribution in [3.05, 3.63) is 69.8 Å². The number of benzene rings is 2. The Morgan fingerprint density at radius 3 is 2.65 bits per heavy atom. The Morgan fingerprint density at radius 1 is 1.30 bits per heavy atom. The van der Waals surface area contributed by atoms with Crippen LogP contribution < -0.4 is 4.74 Å². The molecule has 118 valence electrons. The maximum atomic E-state index is 10.8. The number of hydrogen-bond donors (Lipinski definition) is 2. The van der Waals surface area contributed by atoms with Crippen molar-refractivity contribution in [2.24, 2.45) is 5.16 Å². The molecule has 0 aliphatic carbocycles. The minimum Gasteiger partial charge on any atom is -0.507 e. The first-order valence-corrected chi connectivity index (χ1v) is 6.57. The van der Waals surface area contributed by atoms with Gasteiger partial charge < -0.3 is 15.1 Å². The Hall–Kier alpha value is -3.35. The number of methoxy groups -OCH3 is 1. The first-order chi connectivity index (χ1) is 11.1. The molecule has 0 atom stereocenters. The van der Waals surface area contributed by atoms with E-state index in [1.807, 2.05) is 0 Å². The number of aromatic hydroxyl groups is 1. The number of rotatable bonds is 5. The molecule has 2 aromatic rings. The molecule has 0 spiro atoms. The van der Waals surface area contributed by atoms with Gasteiger partial charge in [-0.3, -0.25) is 10.1 Å². The van der Waals surface area contributed by atoms with Crippen molar-refractivity contribution in [3.63, 3.8) is 0 Å². The lowest BCUT2D eigenvalue weighted by molar-refractivity contribution is -0.384. The smallest absolute Gasteiger partial charge is 0.273 e. The molecule has 0 saturated heterocycles. The third-order valence-electron chi connectivity index (χ3n) is 3.14. The topological polar surface area (TPSA) is 105 Å². The molecule has 23 heavy (non-hydrogen) atoms. The van der Waals surface area contributed by atoms with Crippen LogP contribution in [0.2, 0.25) is 0 Å². The first kappa shape index (κ1) is 16.0. The van der Waals surface area contributed by atoms with Gasteiger partial charge in [-0.05, 0) is 30.4 Å². The molecule has 0 amide bonds. The van der Waals surface area contributed by atoms with Crippen LogP contribution in [0.3, 0.4) is 0 Å². The SMILES string of the molecule is COc1cc([N+](=O)[O-])ccc1/C=C/C(=N\O)c1ccccc1O. The molecule has 0 aliphatic heterocycles. The van der Waals surface area contributed by atoms with Crippen LogP contribution >= 0.6 is 0 Å². The van der Waals surface area contributed by atoms with Crippen LogP contribution in [0.5, 0.6) is 11.5 Å². The lowest BCUT2D eigenvalue weighted by Gasteiger charge is -2.05. The van der Waals surface area contributed by atoms with Crippen molar-refractivity contribution in [1.82, 2.24) is 0 Å². The number of ether oxygens (including phenoxy) is 1. The summed E-state index contributed by atoms with van der Waals surface area (Å²) in [5, 5.41) is 32.8. The van der Waals surface area contributed by atoms with Crippen molar-refractivity contribution in [2.75, 3.05) is 7.11 Å². The monoisotopic (exact) mass is 314 g/mol. The molecule has 0 bridgehead atoms. The second-order valence-electron chi connectivity index (χ2n) is 4.52. The molecule has 0 heterocycles. The standard InChI is InChI=1S/C16H14N2O5/c1-23-16-10-12(18(21)22)8-6-11(16)7-9-14(17-20)13-4-2-3-5-15(13)19/h2-10,19-20H,1H3/b9-7+,17-14+. The average Bonchev–Trinajstić information content (AvgIpc) is 2.56. The number of nitro benzene ring substituents is 1. The lowest BCUT2D eigenvalue weighted by atomic mass is 10.1. The van der Waals surface area contributed by atoms with Gasteiger partial charge in [0, 0.05) is 17.2 Å². The van der Waals surface area contributed by atoms with Crippen LogP contribution in [0, 0.1) is 10.1 Å². The van der Waals surface area contributed by atoms with Gasteiger partial charge in [0.15, 0.2) is 0 Å². The fourth-order valence-corrected chi connectivity index (χ4v) is 1.99. The van der Waals surface area contributed by atoms with E-state index in [4.69, 9.17) is 9.94 Å². The van der Waals surface area contributed by atoms with Crippen molar-refractivity contribution in [1.29, 1.82) is 0 Å². The predicted molar refractivity (Wildman–Crippen MR) is 85.1 cm³/mol. The van der Waals surface area contributed by atoms with Crippen LogP contribution in [-0.4, -0.2) is 28.1 Å². The number of nitro groups is 1. The molecule has 0 fully saturated rings. The third kappa shape index (κ3) is 3.65. The Kier molecular flexibility index (Phi) is 4.93. The van der Waals surface area contributed by atoms with Gasteiger partial charge in [0.1, 0.15) is 17.2 Å². The molecule has 7 heteroatoms. The minimum absolute atomic E-state index is 0.0272. The van der Waals surface area contributed by atoms with Crippen LogP contribution in [0.25, 0.3) is 6.08 Å². The third-order valence-corrected chi connectivity index (χ3v) is 3.14. The molecule has 0 saturated carbocycles. The highest BCUT2D eigenvalue weighted by Crippen LogP contribution is 2.26. The van der Waals surface area contributed by atoms with E-state index < -0.39 is 4.92 Å². The van der Waals surface area contributed by atoms with Gasteiger partial charge in [-0.1, -0.05) is 17.3 Å². The van der Waals surface area contributed by atoms with Crippen molar-refractivity contribution in [3.8, 4) is 11.5 Å². The Balaban J connectivity index is 2.35. The second kappa shape index (κ2) is 7.08. The van der Waals surface area contributed by atoms with Crippen LogP contribution in [0.15, 0.2) is 53.7 Å². The zero-order chi connectivity index (χ0) is 16.8. The Bertz CT molecular complexity index is 784. The van der Waals surface area contributed by atoms with Gasteiger partial charge in [0.05, 0.1) is 18.1 Å². The van der Waals surface area contributed by atoms with Crippen molar-refractivity contribution in [2.45, 2.75) is 0 Å². The number of non-ortho nitro benzene ring substituents is 1. The molecule has 0 aliphatic rings.